The van der Waals surface area contributed by atoms with Crippen LogP contribution >= 0.6 is 11.3 Å². The average molecular weight is 574 g/mol. The maximum absolute atomic E-state index is 13.2. The van der Waals surface area contributed by atoms with Gasteiger partial charge in [-0.15, -0.1) is 0 Å². The highest BCUT2D eigenvalue weighted by Crippen LogP contribution is 2.35. The quantitative estimate of drug-likeness (QED) is 0.396. The molecule has 1 saturated heterocycles. The summed E-state index contributed by atoms with van der Waals surface area (Å²) in [6, 6.07) is 9.52. The Hall–Kier alpha value is -3.22. The van der Waals surface area contributed by atoms with E-state index in [0.717, 1.165) is 29.5 Å². The van der Waals surface area contributed by atoms with Crippen molar-refractivity contribution >= 4 is 43.5 Å². The molecule has 0 bridgehead atoms. The lowest BCUT2D eigenvalue weighted by Gasteiger charge is -2.32. The normalized spacial score (nSPS) is 18.3. The second-order valence-electron chi connectivity index (χ2n) is 9.46. The van der Waals surface area contributed by atoms with Gasteiger partial charge in [0.25, 0.3) is 5.91 Å². The summed E-state index contributed by atoms with van der Waals surface area (Å²) >= 11 is 1.30. The standard InChI is InChI=1S/C27H31N3O7S2/c1-3-35-25(31)11-13-29-21-16-22-23(37-15-14-36-22)17-24(21)38-27(29)28-26(32)19-7-9-20(10-8-19)39(33,34)30-12-5-4-6-18(30)2/h7-10,16-18H,3-6,11-15H2,1-2H3. The highest BCUT2D eigenvalue weighted by atomic mass is 32.2. The van der Waals surface area contributed by atoms with Gasteiger partial charge in [-0.05, 0) is 51.0 Å². The number of carbonyl (C=O) groups excluding carboxylic acids is 2. The van der Waals surface area contributed by atoms with Crippen LogP contribution in [0.3, 0.4) is 0 Å². The van der Waals surface area contributed by atoms with Crippen molar-refractivity contribution in [3.63, 3.8) is 0 Å². The summed E-state index contributed by atoms with van der Waals surface area (Å²) in [5.74, 6) is 0.345. The van der Waals surface area contributed by atoms with E-state index >= 15 is 0 Å². The molecule has 2 aromatic carbocycles. The molecule has 2 aliphatic heterocycles. The maximum atomic E-state index is 13.2. The predicted molar refractivity (Wildman–Crippen MR) is 146 cm³/mol. The van der Waals surface area contributed by atoms with Crippen LogP contribution in [0.25, 0.3) is 10.2 Å². The number of benzene rings is 2. The summed E-state index contributed by atoms with van der Waals surface area (Å²) < 4.78 is 47.0. The van der Waals surface area contributed by atoms with E-state index in [4.69, 9.17) is 14.2 Å². The number of piperidine rings is 1. The third kappa shape index (κ3) is 5.73. The Balaban J connectivity index is 1.47. The summed E-state index contributed by atoms with van der Waals surface area (Å²) in [7, 11) is -3.64. The van der Waals surface area contributed by atoms with Crippen molar-refractivity contribution in [2.45, 2.75) is 57.0 Å². The van der Waals surface area contributed by atoms with Crippen molar-refractivity contribution in [1.82, 2.24) is 8.87 Å². The van der Waals surface area contributed by atoms with Crippen molar-refractivity contribution in [1.29, 1.82) is 0 Å². The SMILES string of the molecule is CCOC(=O)CCn1c(=NC(=O)c2ccc(S(=O)(=O)N3CCCCC3C)cc2)sc2cc3c(cc21)OCCO3. The molecule has 39 heavy (non-hydrogen) atoms. The van der Waals surface area contributed by atoms with Gasteiger partial charge in [0.15, 0.2) is 16.3 Å². The molecular formula is C27H31N3O7S2. The fraction of sp³-hybridized carbons (Fsp3) is 0.444. The number of hydrogen-bond acceptors (Lipinski definition) is 8. The van der Waals surface area contributed by atoms with Crippen LogP contribution in [-0.2, 0) is 26.1 Å². The van der Waals surface area contributed by atoms with Gasteiger partial charge in [0, 0.05) is 36.8 Å². The third-order valence-corrected chi connectivity index (χ3v) is 9.91. The van der Waals surface area contributed by atoms with E-state index in [1.165, 1.54) is 39.9 Å². The van der Waals surface area contributed by atoms with E-state index in [2.05, 4.69) is 4.99 Å². The Labute approximate surface area is 230 Å². The number of aryl methyl sites for hydroxylation is 1. The summed E-state index contributed by atoms with van der Waals surface area (Å²) in [4.78, 5) is 30.2. The molecule has 0 saturated carbocycles. The molecule has 1 aromatic heterocycles. The van der Waals surface area contributed by atoms with Crippen LogP contribution in [-0.4, -0.2) is 61.6 Å². The highest BCUT2D eigenvalue weighted by Gasteiger charge is 2.31. The molecule has 0 aliphatic carbocycles. The zero-order valence-electron chi connectivity index (χ0n) is 21.9. The van der Waals surface area contributed by atoms with E-state index in [1.54, 1.807) is 11.5 Å². The summed E-state index contributed by atoms with van der Waals surface area (Å²) in [6.07, 6.45) is 2.80. The molecule has 1 unspecified atom stereocenters. The average Bonchev–Trinajstić information content (AvgIpc) is 3.26. The van der Waals surface area contributed by atoms with E-state index in [1.807, 2.05) is 19.1 Å². The number of carbonyl (C=O) groups is 2. The zero-order valence-corrected chi connectivity index (χ0v) is 23.6. The fourth-order valence-corrected chi connectivity index (χ4v) is 7.59. The largest absolute Gasteiger partial charge is 0.486 e. The second-order valence-corrected chi connectivity index (χ2v) is 12.4. The number of sulfonamides is 1. The van der Waals surface area contributed by atoms with E-state index in [-0.39, 0.29) is 42.0 Å². The smallest absolute Gasteiger partial charge is 0.307 e. The fourth-order valence-electron chi connectivity index (χ4n) is 4.83. The van der Waals surface area contributed by atoms with Gasteiger partial charge < -0.3 is 18.8 Å². The third-order valence-electron chi connectivity index (χ3n) is 6.84. The lowest BCUT2D eigenvalue weighted by atomic mass is 10.1. The number of rotatable bonds is 7. The van der Waals surface area contributed by atoms with E-state index in [0.29, 0.717) is 36.1 Å². The predicted octanol–water partition coefficient (Wildman–Crippen LogP) is 3.73. The van der Waals surface area contributed by atoms with Crippen molar-refractivity contribution < 1.29 is 32.2 Å². The molecule has 10 nitrogen and oxygen atoms in total. The molecule has 3 heterocycles. The Kier molecular flexibility index (Phi) is 8.06. The van der Waals surface area contributed by atoms with Crippen LogP contribution in [0.1, 0.15) is 49.9 Å². The van der Waals surface area contributed by atoms with Crippen LogP contribution in [0.15, 0.2) is 46.3 Å². The van der Waals surface area contributed by atoms with Crippen LogP contribution in [0.2, 0.25) is 0 Å². The number of nitrogens with zero attached hydrogens (tertiary/aromatic N) is 3. The van der Waals surface area contributed by atoms with Gasteiger partial charge in [-0.2, -0.15) is 9.30 Å². The minimum atomic E-state index is -3.64. The van der Waals surface area contributed by atoms with Gasteiger partial charge in [-0.25, -0.2) is 8.42 Å². The number of esters is 1. The Morgan fingerprint density at radius 2 is 1.82 bits per heavy atom. The zero-order chi connectivity index (χ0) is 27.6. The van der Waals surface area contributed by atoms with E-state index < -0.39 is 15.9 Å². The topological polar surface area (TPSA) is 117 Å². The first-order valence-electron chi connectivity index (χ1n) is 13.1. The summed E-state index contributed by atoms with van der Waals surface area (Å²) in [6.45, 7) is 5.59. The molecule has 12 heteroatoms. The molecule has 3 aromatic rings. The van der Waals surface area contributed by atoms with Gasteiger partial charge in [-0.3, -0.25) is 9.59 Å². The molecule has 1 atom stereocenters. The molecule has 5 rings (SSSR count). The minimum Gasteiger partial charge on any atom is -0.486 e. The molecule has 0 radical (unpaired) electrons. The van der Waals surface area contributed by atoms with E-state index in [9.17, 15) is 18.0 Å². The number of amides is 1. The molecule has 0 N–H and O–H groups in total. The van der Waals surface area contributed by atoms with Crippen LogP contribution in [0, 0.1) is 0 Å². The number of fused-ring (bicyclic) bond motifs is 2. The number of aromatic nitrogens is 1. The summed E-state index contributed by atoms with van der Waals surface area (Å²) in [5, 5.41) is 0. The first-order valence-corrected chi connectivity index (χ1v) is 15.3. The molecule has 1 amide bonds. The first kappa shape index (κ1) is 27.4. The van der Waals surface area contributed by atoms with Crippen molar-refractivity contribution in [2.75, 3.05) is 26.4 Å². The highest BCUT2D eigenvalue weighted by molar-refractivity contribution is 7.89. The molecule has 1 fully saturated rings. The Bertz CT molecular complexity index is 1560. The number of hydrogen-bond donors (Lipinski definition) is 0. The number of ether oxygens (including phenoxy) is 3. The minimum absolute atomic E-state index is 0.0560. The Morgan fingerprint density at radius 3 is 2.51 bits per heavy atom. The lowest BCUT2D eigenvalue weighted by molar-refractivity contribution is -0.143. The van der Waals surface area contributed by atoms with Gasteiger partial charge in [0.1, 0.15) is 13.2 Å². The van der Waals surface area contributed by atoms with Crippen molar-refractivity contribution in [3.8, 4) is 11.5 Å². The molecule has 208 valence electrons. The lowest BCUT2D eigenvalue weighted by Crippen LogP contribution is -2.41. The number of thiazole rings is 1. The van der Waals surface area contributed by atoms with Crippen LogP contribution in [0.4, 0.5) is 0 Å². The summed E-state index contributed by atoms with van der Waals surface area (Å²) in [5.41, 5.74) is 1.03. The van der Waals surface area contributed by atoms with Gasteiger partial charge in [0.2, 0.25) is 10.0 Å². The van der Waals surface area contributed by atoms with Crippen LogP contribution in [0.5, 0.6) is 11.5 Å². The first-order chi connectivity index (χ1) is 18.8. The van der Waals surface area contributed by atoms with Crippen molar-refractivity contribution in [2.24, 2.45) is 4.99 Å². The molecule has 0 spiro atoms. The maximum Gasteiger partial charge on any atom is 0.307 e. The van der Waals surface area contributed by atoms with Gasteiger partial charge >= 0.3 is 5.97 Å². The monoisotopic (exact) mass is 573 g/mol. The second kappa shape index (κ2) is 11.5. The Morgan fingerprint density at radius 1 is 1.10 bits per heavy atom. The van der Waals surface area contributed by atoms with Gasteiger partial charge in [0.05, 0.1) is 28.1 Å². The van der Waals surface area contributed by atoms with Gasteiger partial charge in [-0.1, -0.05) is 17.8 Å². The van der Waals surface area contributed by atoms with Crippen molar-refractivity contribution in [3.05, 3.63) is 46.8 Å². The molecular weight excluding hydrogens is 542 g/mol. The van der Waals surface area contributed by atoms with Crippen LogP contribution < -0.4 is 14.3 Å². The molecule has 2 aliphatic rings.